The molecule has 0 amide bonds. The summed E-state index contributed by atoms with van der Waals surface area (Å²) in [5, 5.41) is 0.585. The molecule has 0 saturated carbocycles. The SMILES string of the molecule is Cc1cccc(F)c1CCc1nc2c(cc1Cl)nc(O[C@@H]1CO[C@H]3[C@@H]1OC[C@H]3O[Si](C)(C)C(C)(C)C)n2C1CCCCO1. The average Bonchev–Trinajstić information content (AvgIpc) is 3.63. The molecule has 43 heavy (non-hydrogen) atoms. The van der Waals surface area contributed by atoms with Gasteiger partial charge in [-0.1, -0.05) is 44.5 Å². The number of aromatic nitrogens is 3. The number of hydrogen-bond acceptors (Lipinski definition) is 7. The highest BCUT2D eigenvalue weighted by Gasteiger charge is 2.52. The summed E-state index contributed by atoms with van der Waals surface area (Å²) in [5.41, 5.74) is 3.55. The third kappa shape index (κ3) is 6.11. The number of rotatable bonds is 8. The summed E-state index contributed by atoms with van der Waals surface area (Å²) >= 11 is 6.71. The Bertz CT molecular complexity index is 1450. The first-order valence-electron chi connectivity index (χ1n) is 15.4. The fraction of sp³-hybridized carbons (Fsp3) is 0.625. The number of pyridine rings is 1. The van der Waals surface area contributed by atoms with Gasteiger partial charge in [-0.15, -0.1) is 0 Å². The third-order valence-corrected chi connectivity index (χ3v) is 14.4. The van der Waals surface area contributed by atoms with Crippen molar-refractivity contribution in [1.29, 1.82) is 0 Å². The molecule has 1 unspecified atom stereocenters. The summed E-state index contributed by atoms with van der Waals surface area (Å²) in [6.45, 7) is 14.6. The molecule has 3 aliphatic heterocycles. The molecule has 0 N–H and O–H groups in total. The van der Waals surface area contributed by atoms with Crippen molar-refractivity contribution in [2.75, 3.05) is 19.8 Å². The van der Waals surface area contributed by atoms with E-state index in [1.54, 1.807) is 6.07 Å². The van der Waals surface area contributed by atoms with Gasteiger partial charge in [0.15, 0.2) is 20.1 Å². The van der Waals surface area contributed by atoms with Crippen LogP contribution >= 0.6 is 11.6 Å². The van der Waals surface area contributed by atoms with Gasteiger partial charge in [0, 0.05) is 6.61 Å². The Morgan fingerprint density at radius 3 is 2.49 bits per heavy atom. The number of fused-ring (bicyclic) bond motifs is 2. The van der Waals surface area contributed by atoms with E-state index in [0.29, 0.717) is 66.1 Å². The van der Waals surface area contributed by atoms with Crippen molar-refractivity contribution < 1.29 is 27.8 Å². The summed E-state index contributed by atoms with van der Waals surface area (Å²) in [6, 6.07) is 7.38. The number of aryl methyl sites for hydroxylation is 2. The summed E-state index contributed by atoms with van der Waals surface area (Å²) in [7, 11) is -2.00. The van der Waals surface area contributed by atoms with Gasteiger partial charge in [-0.2, -0.15) is 4.98 Å². The van der Waals surface area contributed by atoms with E-state index in [4.69, 9.17) is 44.9 Å². The van der Waals surface area contributed by atoms with E-state index in [1.807, 2.05) is 23.6 Å². The Morgan fingerprint density at radius 1 is 1.05 bits per heavy atom. The summed E-state index contributed by atoms with van der Waals surface area (Å²) in [4.78, 5) is 9.81. The van der Waals surface area contributed by atoms with E-state index in [1.165, 1.54) is 6.07 Å². The molecule has 8 nitrogen and oxygen atoms in total. The maximum absolute atomic E-state index is 14.5. The Kier molecular flexibility index (Phi) is 8.64. The molecule has 3 fully saturated rings. The van der Waals surface area contributed by atoms with Gasteiger partial charge in [0.1, 0.15) is 29.8 Å². The van der Waals surface area contributed by atoms with Crippen LogP contribution in [0.25, 0.3) is 11.2 Å². The number of nitrogens with zero attached hydrogens (tertiary/aromatic N) is 3. The van der Waals surface area contributed by atoms with Crippen LogP contribution in [-0.2, 0) is 31.5 Å². The van der Waals surface area contributed by atoms with E-state index in [9.17, 15) is 4.39 Å². The van der Waals surface area contributed by atoms with Crippen molar-refractivity contribution in [3.63, 3.8) is 0 Å². The van der Waals surface area contributed by atoms with Crippen LogP contribution < -0.4 is 4.74 Å². The minimum absolute atomic E-state index is 0.0889. The van der Waals surface area contributed by atoms with Gasteiger partial charge in [-0.05, 0) is 80.4 Å². The fourth-order valence-corrected chi connectivity index (χ4v) is 7.56. The lowest BCUT2D eigenvalue weighted by atomic mass is 10.0. The molecule has 2 aromatic heterocycles. The van der Waals surface area contributed by atoms with Crippen molar-refractivity contribution >= 4 is 31.1 Å². The van der Waals surface area contributed by atoms with Crippen molar-refractivity contribution in [2.45, 2.75) is 109 Å². The number of imidazole rings is 1. The summed E-state index contributed by atoms with van der Waals surface area (Å²) in [6.07, 6.45) is 2.66. The number of halogens is 2. The van der Waals surface area contributed by atoms with E-state index in [-0.39, 0.29) is 41.5 Å². The monoisotopic (exact) mass is 631 g/mol. The van der Waals surface area contributed by atoms with E-state index in [0.717, 1.165) is 24.8 Å². The van der Waals surface area contributed by atoms with E-state index >= 15 is 0 Å². The molecule has 3 saturated heterocycles. The van der Waals surface area contributed by atoms with Crippen LogP contribution in [0, 0.1) is 12.7 Å². The lowest BCUT2D eigenvalue weighted by Crippen LogP contribution is -2.47. The lowest BCUT2D eigenvalue weighted by Gasteiger charge is -2.39. The second kappa shape index (κ2) is 12.0. The smallest absolute Gasteiger partial charge is 0.301 e. The van der Waals surface area contributed by atoms with Crippen LogP contribution in [0.2, 0.25) is 23.2 Å². The number of hydrogen-bond donors (Lipinski definition) is 0. The van der Waals surface area contributed by atoms with Gasteiger partial charge in [-0.25, -0.2) is 9.37 Å². The van der Waals surface area contributed by atoms with Crippen molar-refractivity contribution in [2.24, 2.45) is 0 Å². The first-order chi connectivity index (χ1) is 20.4. The molecule has 0 spiro atoms. The topological polar surface area (TPSA) is 76.9 Å². The molecule has 0 aliphatic carbocycles. The second-order valence-corrected chi connectivity index (χ2v) is 18.7. The molecule has 0 radical (unpaired) electrons. The van der Waals surface area contributed by atoms with Crippen molar-refractivity contribution in [3.8, 4) is 6.01 Å². The van der Waals surface area contributed by atoms with Crippen LogP contribution in [0.3, 0.4) is 0 Å². The molecule has 3 aromatic rings. The van der Waals surface area contributed by atoms with Crippen LogP contribution in [-0.4, -0.2) is 67.1 Å². The molecule has 1 aromatic carbocycles. The predicted molar refractivity (Wildman–Crippen MR) is 166 cm³/mol. The molecule has 5 atom stereocenters. The first kappa shape index (κ1) is 30.9. The van der Waals surface area contributed by atoms with Gasteiger partial charge in [-0.3, -0.25) is 4.57 Å². The number of benzene rings is 1. The van der Waals surface area contributed by atoms with Crippen molar-refractivity contribution in [3.05, 3.63) is 51.9 Å². The first-order valence-corrected chi connectivity index (χ1v) is 18.7. The zero-order valence-corrected chi connectivity index (χ0v) is 27.7. The van der Waals surface area contributed by atoms with Gasteiger partial charge in [0.2, 0.25) is 0 Å². The zero-order chi connectivity index (χ0) is 30.5. The van der Waals surface area contributed by atoms with E-state index in [2.05, 4.69) is 33.9 Å². The Hall–Kier alpha value is -2.08. The summed E-state index contributed by atoms with van der Waals surface area (Å²) in [5.74, 6) is -0.211. The highest BCUT2D eigenvalue weighted by Crippen LogP contribution is 2.41. The van der Waals surface area contributed by atoms with Crippen LogP contribution in [0.4, 0.5) is 4.39 Å². The zero-order valence-electron chi connectivity index (χ0n) is 26.0. The van der Waals surface area contributed by atoms with Crippen LogP contribution in [0.5, 0.6) is 6.01 Å². The van der Waals surface area contributed by atoms with Gasteiger partial charge in [0.05, 0.1) is 30.0 Å². The van der Waals surface area contributed by atoms with Crippen molar-refractivity contribution in [1.82, 2.24) is 14.5 Å². The minimum atomic E-state index is -2.00. The highest BCUT2D eigenvalue weighted by molar-refractivity contribution is 6.74. The highest BCUT2D eigenvalue weighted by atomic mass is 35.5. The standard InChI is InChI=1S/C32H43ClFN3O5Si/c1-19-10-9-11-22(34)20(19)13-14-23-21(33)16-24-30(35-23)37(27-12-7-8-15-38-27)31(36-24)41-25-17-39-29-26(18-40-28(25)29)42-43(5,6)32(2,3)4/h9-11,16,25-29H,7-8,12-15,17-18H2,1-6H3/t25-,26-,27?,28-,29-/m1/s1. The second-order valence-electron chi connectivity index (χ2n) is 13.5. The van der Waals surface area contributed by atoms with Gasteiger partial charge in [0.25, 0.3) is 0 Å². The maximum atomic E-state index is 14.5. The molecular formula is C32H43ClFN3O5Si. The Morgan fingerprint density at radius 2 is 1.79 bits per heavy atom. The molecule has 3 aliphatic rings. The minimum Gasteiger partial charge on any atom is -0.456 e. The van der Waals surface area contributed by atoms with Crippen LogP contribution in [0.1, 0.15) is 63.1 Å². The average molecular weight is 632 g/mol. The third-order valence-electron chi connectivity index (χ3n) is 9.54. The van der Waals surface area contributed by atoms with E-state index < -0.39 is 8.32 Å². The Balaban J connectivity index is 1.26. The predicted octanol–water partition coefficient (Wildman–Crippen LogP) is 6.95. The maximum Gasteiger partial charge on any atom is 0.301 e. The normalized spacial score (nSPS) is 26.3. The number of ether oxygens (including phenoxy) is 4. The molecule has 5 heterocycles. The molecule has 6 rings (SSSR count). The van der Waals surface area contributed by atoms with Gasteiger partial charge < -0.3 is 23.4 Å². The molecular weight excluding hydrogens is 589 g/mol. The molecule has 0 bridgehead atoms. The Labute approximate surface area is 259 Å². The molecule has 11 heteroatoms. The fourth-order valence-electron chi connectivity index (χ4n) is 6.01. The lowest BCUT2D eigenvalue weighted by molar-refractivity contribution is -0.0406. The molecule has 234 valence electrons. The quantitative estimate of drug-likeness (QED) is 0.249. The van der Waals surface area contributed by atoms with Crippen LogP contribution in [0.15, 0.2) is 24.3 Å². The largest absolute Gasteiger partial charge is 0.456 e. The van der Waals surface area contributed by atoms with Gasteiger partial charge >= 0.3 is 6.01 Å². The summed E-state index contributed by atoms with van der Waals surface area (Å²) < 4.78 is 48.4.